The van der Waals surface area contributed by atoms with Gasteiger partial charge in [0.05, 0.1) is 15.5 Å². The minimum atomic E-state index is -0.532. The lowest BCUT2D eigenvalue weighted by atomic mass is 10.1. The Morgan fingerprint density at radius 2 is 2.00 bits per heavy atom. The summed E-state index contributed by atoms with van der Waals surface area (Å²) >= 11 is 6.08. The number of nitro benzene ring substituents is 1. The third-order valence-corrected chi connectivity index (χ3v) is 4.06. The van der Waals surface area contributed by atoms with Gasteiger partial charge in [0, 0.05) is 37.1 Å². The van der Waals surface area contributed by atoms with Crippen molar-refractivity contribution in [3.05, 3.63) is 69.0 Å². The topological polar surface area (TPSA) is 76.3 Å². The van der Waals surface area contributed by atoms with E-state index in [-0.39, 0.29) is 22.7 Å². The maximum atomic E-state index is 12.8. The maximum absolute atomic E-state index is 12.8. The summed E-state index contributed by atoms with van der Waals surface area (Å²) < 4.78 is 0. The minimum Gasteiger partial charge on any atom is -0.331 e. The van der Waals surface area contributed by atoms with Crippen LogP contribution in [0.15, 0.2) is 42.7 Å². The number of pyridine rings is 1. The highest BCUT2D eigenvalue weighted by molar-refractivity contribution is 6.34. The molecule has 7 heteroatoms. The Labute approximate surface area is 137 Å². The molecule has 0 spiro atoms. The number of amides is 1. The van der Waals surface area contributed by atoms with E-state index >= 15 is 0 Å². The number of benzene rings is 1. The Morgan fingerprint density at radius 3 is 2.57 bits per heavy atom. The molecule has 1 fully saturated rings. The highest BCUT2D eigenvalue weighted by atomic mass is 35.5. The minimum absolute atomic E-state index is 0.101. The van der Waals surface area contributed by atoms with E-state index in [4.69, 9.17) is 11.6 Å². The number of hydrogen-bond donors (Lipinski definition) is 0. The first-order chi connectivity index (χ1) is 11.1. The van der Waals surface area contributed by atoms with Crippen LogP contribution in [0.3, 0.4) is 0 Å². The summed E-state index contributed by atoms with van der Waals surface area (Å²) in [6.45, 7) is 0.472. The second-order valence-electron chi connectivity index (χ2n) is 5.44. The summed E-state index contributed by atoms with van der Waals surface area (Å²) in [5.41, 5.74) is 1.15. The largest absolute Gasteiger partial charge is 0.331 e. The predicted octanol–water partition coefficient (Wildman–Crippen LogP) is 3.45. The van der Waals surface area contributed by atoms with Crippen molar-refractivity contribution < 1.29 is 9.72 Å². The van der Waals surface area contributed by atoms with Gasteiger partial charge in [0.1, 0.15) is 0 Å². The smallest absolute Gasteiger partial charge is 0.270 e. The quantitative estimate of drug-likeness (QED) is 0.621. The van der Waals surface area contributed by atoms with Crippen LogP contribution < -0.4 is 0 Å². The summed E-state index contributed by atoms with van der Waals surface area (Å²) in [6.07, 6.45) is 5.29. The van der Waals surface area contributed by atoms with Gasteiger partial charge in [-0.3, -0.25) is 19.9 Å². The zero-order valence-electron chi connectivity index (χ0n) is 12.2. The molecule has 2 aromatic rings. The van der Waals surface area contributed by atoms with Gasteiger partial charge in [0.25, 0.3) is 11.6 Å². The molecule has 0 unspecified atom stereocenters. The van der Waals surface area contributed by atoms with E-state index in [1.54, 1.807) is 17.3 Å². The fourth-order valence-corrected chi connectivity index (χ4v) is 2.64. The molecule has 1 saturated carbocycles. The van der Waals surface area contributed by atoms with Gasteiger partial charge in [0.2, 0.25) is 0 Å². The molecule has 1 heterocycles. The van der Waals surface area contributed by atoms with E-state index in [9.17, 15) is 14.9 Å². The van der Waals surface area contributed by atoms with Gasteiger partial charge in [-0.1, -0.05) is 11.6 Å². The highest BCUT2D eigenvalue weighted by Crippen LogP contribution is 2.32. The van der Waals surface area contributed by atoms with Crippen LogP contribution in [0.1, 0.15) is 28.8 Å². The predicted molar refractivity (Wildman–Crippen MR) is 85.2 cm³/mol. The molecule has 1 aliphatic carbocycles. The molecule has 0 radical (unpaired) electrons. The summed E-state index contributed by atoms with van der Waals surface area (Å²) in [5, 5.41) is 10.9. The number of rotatable bonds is 5. The lowest BCUT2D eigenvalue weighted by molar-refractivity contribution is -0.384. The number of aromatic nitrogens is 1. The first-order valence-electron chi connectivity index (χ1n) is 7.20. The maximum Gasteiger partial charge on any atom is 0.270 e. The van der Waals surface area contributed by atoms with Crippen LogP contribution in [-0.4, -0.2) is 26.8 Å². The molecular formula is C16H14ClN3O3. The highest BCUT2D eigenvalue weighted by Gasteiger charge is 2.34. The molecule has 1 aromatic carbocycles. The average Bonchev–Trinajstić information content (AvgIpc) is 3.37. The standard InChI is InChI=1S/C16H14ClN3O3/c17-15-9-13(20(22)23)3-4-14(15)16(21)19(12-1-2-12)10-11-5-7-18-8-6-11/h3-9,12H,1-2,10H2. The second-order valence-corrected chi connectivity index (χ2v) is 5.85. The van der Waals surface area contributed by atoms with Crippen LogP contribution >= 0.6 is 11.6 Å². The van der Waals surface area contributed by atoms with Gasteiger partial charge in [0.15, 0.2) is 0 Å². The zero-order chi connectivity index (χ0) is 16.4. The van der Waals surface area contributed by atoms with Crippen molar-refractivity contribution in [3.63, 3.8) is 0 Å². The molecule has 0 bridgehead atoms. The molecule has 118 valence electrons. The number of halogens is 1. The van der Waals surface area contributed by atoms with Crippen LogP contribution in [0.2, 0.25) is 5.02 Å². The summed E-state index contributed by atoms with van der Waals surface area (Å²) in [6, 6.07) is 7.86. The molecule has 1 aromatic heterocycles. The van der Waals surface area contributed by atoms with Crippen molar-refractivity contribution in [2.24, 2.45) is 0 Å². The molecule has 3 rings (SSSR count). The van der Waals surface area contributed by atoms with Gasteiger partial charge < -0.3 is 4.90 Å². The molecule has 1 amide bonds. The normalized spacial score (nSPS) is 13.6. The Bertz CT molecular complexity index is 747. The second kappa shape index (κ2) is 6.34. The Morgan fingerprint density at radius 1 is 1.30 bits per heavy atom. The Balaban J connectivity index is 1.85. The molecular weight excluding hydrogens is 318 g/mol. The van der Waals surface area contributed by atoms with Crippen molar-refractivity contribution >= 4 is 23.2 Å². The van der Waals surface area contributed by atoms with Crippen LogP contribution in [-0.2, 0) is 6.54 Å². The van der Waals surface area contributed by atoms with E-state index in [2.05, 4.69) is 4.98 Å². The molecule has 0 aliphatic heterocycles. The zero-order valence-corrected chi connectivity index (χ0v) is 12.9. The van der Waals surface area contributed by atoms with E-state index in [1.807, 2.05) is 12.1 Å². The number of carbonyl (C=O) groups is 1. The van der Waals surface area contributed by atoms with E-state index < -0.39 is 4.92 Å². The van der Waals surface area contributed by atoms with E-state index in [1.165, 1.54) is 18.2 Å². The number of nitro groups is 1. The summed E-state index contributed by atoms with van der Waals surface area (Å²) in [4.78, 5) is 28.8. The number of hydrogen-bond acceptors (Lipinski definition) is 4. The van der Waals surface area contributed by atoms with Crippen LogP contribution in [0.25, 0.3) is 0 Å². The van der Waals surface area contributed by atoms with Crippen molar-refractivity contribution in [1.82, 2.24) is 9.88 Å². The molecule has 0 saturated heterocycles. The lowest BCUT2D eigenvalue weighted by Crippen LogP contribution is -2.32. The SMILES string of the molecule is O=C(c1ccc([N+](=O)[O-])cc1Cl)N(Cc1ccncc1)C1CC1. The Kier molecular flexibility index (Phi) is 4.25. The van der Waals surface area contributed by atoms with E-state index in [0.717, 1.165) is 18.4 Å². The Hall–Kier alpha value is -2.47. The number of carbonyl (C=O) groups excluding carboxylic acids is 1. The summed E-state index contributed by atoms with van der Waals surface area (Å²) in [7, 11) is 0. The van der Waals surface area contributed by atoms with Crippen molar-refractivity contribution in [2.45, 2.75) is 25.4 Å². The third kappa shape index (κ3) is 3.48. The van der Waals surface area contributed by atoms with Gasteiger partial charge in [-0.15, -0.1) is 0 Å². The van der Waals surface area contributed by atoms with Crippen molar-refractivity contribution in [1.29, 1.82) is 0 Å². The molecule has 0 N–H and O–H groups in total. The van der Waals surface area contributed by atoms with Crippen molar-refractivity contribution in [2.75, 3.05) is 0 Å². The average molecular weight is 332 g/mol. The molecule has 0 atom stereocenters. The van der Waals surface area contributed by atoms with E-state index in [0.29, 0.717) is 12.1 Å². The van der Waals surface area contributed by atoms with Crippen LogP contribution in [0.5, 0.6) is 0 Å². The monoisotopic (exact) mass is 331 g/mol. The molecule has 1 aliphatic rings. The number of nitrogens with zero attached hydrogens (tertiary/aromatic N) is 3. The van der Waals surface area contributed by atoms with Crippen LogP contribution in [0, 0.1) is 10.1 Å². The van der Waals surface area contributed by atoms with Gasteiger partial charge in [-0.25, -0.2) is 0 Å². The van der Waals surface area contributed by atoms with Crippen LogP contribution in [0.4, 0.5) is 5.69 Å². The van der Waals surface area contributed by atoms with Gasteiger partial charge >= 0.3 is 0 Å². The first kappa shape index (κ1) is 15.4. The number of non-ortho nitro benzene ring substituents is 1. The fourth-order valence-electron chi connectivity index (χ4n) is 2.38. The van der Waals surface area contributed by atoms with Gasteiger partial charge in [-0.05, 0) is 36.6 Å². The molecule has 23 heavy (non-hydrogen) atoms. The lowest BCUT2D eigenvalue weighted by Gasteiger charge is -2.23. The third-order valence-electron chi connectivity index (χ3n) is 3.74. The molecule has 6 nitrogen and oxygen atoms in total. The van der Waals surface area contributed by atoms with Crippen molar-refractivity contribution in [3.8, 4) is 0 Å². The first-order valence-corrected chi connectivity index (χ1v) is 7.58. The fraction of sp³-hybridized carbons (Fsp3) is 0.250. The van der Waals surface area contributed by atoms with Gasteiger partial charge in [-0.2, -0.15) is 0 Å². The summed E-state index contributed by atoms with van der Waals surface area (Å²) in [5.74, 6) is -0.204.